The van der Waals surface area contributed by atoms with Crippen LogP contribution in [0.15, 0.2) is 59.8 Å². The monoisotopic (exact) mass is 318 g/mol. The Morgan fingerprint density at radius 2 is 2.00 bits per heavy atom. The standard InChI is InChI=1S/C18H14N4O2/c1-12-6-7-16-21-13(8-17(23)22(16)9-12)10-24-18-14-4-2-3-5-15(14)19-11-20-18/h2-9,11H,10H2,1H3. The van der Waals surface area contributed by atoms with Crippen LogP contribution in [-0.4, -0.2) is 19.4 Å². The second kappa shape index (κ2) is 5.73. The molecule has 0 saturated heterocycles. The Bertz CT molecular complexity index is 1100. The van der Waals surface area contributed by atoms with Gasteiger partial charge in [-0.15, -0.1) is 0 Å². The van der Waals surface area contributed by atoms with Gasteiger partial charge in [0.2, 0.25) is 5.88 Å². The molecule has 3 heterocycles. The van der Waals surface area contributed by atoms with Crippen LogP contribution < -0.4 is 10.3 Å². The van der Waals surface area contributed by atoms with Gasteiger partial charge in [-0.3, -0.25) is 9.20 Å². The van der Waals surface area contributed by atoms with Gasteiger partial charge in [-0.2, -0.15) is 0 Å². The Balaban J connectivity index is 1.67. The van der Waals surface area contributed by atoms with E-state index in [-0.39, 0.29) is 12.2 Å². The zero-order chi connectivity index (χ0) is 16.5. The fraction of sp³-hybridized carbons (Fsp3) is 0.111. The van der Waals surface area contributed by atoms with E-state index >= 15 is 0 Å². The highest BCUT2D eigenvalue weighted by atomic mass is 16.5. The van der Waals surface area contributed by atoms with Crippen molar-refractivity contribution in [1.82, 2.24) is 19.4 Å². The lowest BCUT2D eigenvalue weighted by atomic mass is 10.2. The number of ether oxygens (including phenoxy) is 1. The van der Waals surface area contributed by atoms with E-state index in [1.54, 1.807) is 6.20 Å². The SMILES string of the molecule is Cc1ccc2nc(COc3ncnc4ccccc34)cc(=O)n2c1. The van der Waals surface area contributed by atoms with Gasteiger partial charge in [0.25, 0.3) is 5.56 Å². The summed E-state index contributed by atoms with van der Waals surface area (Å²) in [6.07, 6.45) is 3.23. The van der Waals surface area contributed by atoms with Crippen LogP contribution in [0.3, 0.4) is 0 Å². The number of benzene rings is 1. The van der Waals surface area contributed by atoms with Crippen molar-refractivity contribution in [2.75, 3.05) is 0 Å². The molecular weight excluding hydrogens is 304 g/mol. The highest BCUT2D eigenvalue weighted by Gasteiger charge is 2.07. The summed E-state index contributed by atoms with van der Waals surface area (Å²) in [5.74, 6) is 0.478. The largest absolute Gasteiger partial charge is 0.471 e. The van der Waals surface area contributed by atoms with Crippen molar-refractivity contribution >= 4 is 16.6 Å². The summed E-state index contributed by atoms with van der Waals surface area (Å²) in [7, 11) is 0. The summed E-state index contributed by atoms with van der Waals surface area (Å²) < 4.78 is 7.30. The van der Waals surface area contributed by atoms with Crippen molar-refractivity contribution < 1.29 is 4.74 Å². The topological polar surface area (TPSA) is 69.4 Å². The van der Waals surface area contributed by atoms with E-state index in [0.29, 0.717) is 17.2 Å². The van der Waals surface area contributed by atoms with Crippen molar-refractivity contribution in [2.24, 2.45) is 0 Å². The van der Waals surface area contributed by atoms with Crippen molar-refractivity contribution in [3.63, 3.8) is 0 Å². The molecule has 0 bridgehead atoms. The van der Waals surface area contributed by atoms with E-state index in [2.05, 4.69) is 15.0 Å². The molecule has 0 amide bonds. The molecule has 3 aromatic heterocycles. The molecule has 0 fully saturated rings. The lowest BCUT2D eigenvalue weighted by Crippen LogP contribution is -2.16. The summed E-state index contributed by atoms with van der Waals surface area (Å²) in [4.78, 5) is 25.1. The molecule has 0 radical (unpaired) electrons. The average molecular weight is 318 g/mol. The highest BCUT2D eigenvalue weighted by Crippen LogP contribution is 2.21. The number of aromatic nitrogens is 4. The molecule has 6 nitrogen and oxygen atoms in total. The maximum atomic E-state index is 12.2. The van der Waals surface area contributed by atoms with Gasteiger partial charge < -0.3 is 4.74 Å². The van der Waals surface area contributed by atoms with Crippen molar-refractivity contribution in [1.29, 1.82) is 0 Å². The molecule has 0 N–H and O–H groups in total. The number of rotatable bonds is 3. The third kappa shape index (κ3) is 2.58. The second-order valence-electron chi connectivity index (χ2n) is 5.51. The van der Waals surface area contributed by atoms with Crippen molar-refractivity contribution in [2.45, 2.75) is 13.5 Å². The molecule has 24 heavy (non-hydrogen) atoms. The first-order valence-corrected chi connectivity index (χ1v) is 7.52. The van der Waals surface area contributed by atoms with Gasteiger partial charge in [0.15, 0.2) is 0 Å². The van der Waals surface area contributed by atoms with E-state index in [4.69, 9.17) is 4.74 Å². The lowest BCUT2D eigenvalue weighted by molar-refractivity contribution is 0.293. The van der Waals surface area contributed by atoms with Crippen LogP contribution in [0.2, 0.25) is 0 Å². The zero-order valence-corrected chi connectivity index (χ0v) is 13.0. The number of para-hydroxylation sites is 1. The predicted molar refractivity (Wildman–Crippen MR) is 90.1 cm³/mol. The van der Waals surface area contributed by atoms with Crippen LogP contribution in [0.4, 0.5) is 0 Å². The first kappa shape index (κ1) is 14.3. The molecule has 0 atom stereocenters. The van der Waals surface area contributed by atoms with Gasteiger partial charge in [-0.25, -0.2) is 15.0 Å². The average Bonchev–Trinajstić information content (AvgIpc) is 2.60. The molecule has 6 heteroatoms. The maximum absolute atomic E-state index is 12.2. The molecule has 0 aliphatic heterocycles. The second-order valence-corrected chi connectivity index (χ2v) is 5.51. The molecule has 0 aliphatic carbocycles. The Morgan fingerprint density at radius 1 is 1.12 bits per heavy atom. The lowest BCUT2D eigenvalue weighted by Gasteiger charge is -2.08. The van der Waals surface area contributed by atoms with E-state index in [1.807, 2.05) is 43.3 Å². The van der Waals surface area contributed by atoms with Crippen LogP contribution in [-0.2, 0) is 6.61 Å². The molecule has 0 aliphatic rings. The summed E-state index contributed by atoms with van der Waals surface area (Å²) in [5, 5.41) is 0.827. The number of hydrogen-bond donors (Lipinski definition) is 0. The van der Waals surface area contributed by atoms with E-state index < -0.39 is 0 Å². The van der Waals surface area contributed by atoms with Crippen LogP contribution in [0.1, 0.15) is 11.3 Å². The summed E-state index contributed by atoms with van der Waals surface area (Å²) in [6.45, 7) is 2.10. The van der Waals surface area contributed by atoms with E-state index in [1.165, 1.54) is 16.8 Å². The number of nitrogens with zero attached hydrogens (tertiary/aromatic N) is 4. The van der Waals surface area contributed by atoms with Gasteiger partial charge in [0.1, 0.15) is 18.6 Å². The fourth-order valence-electron chi connectivity index (χ4n) is 2.57. The Hall–Kier alpha value is -3.28. The maximum Gasteiger partial charge on any atom is 0.258 e. The zero-order valence-electron chi connectivity index (χ0n) is 13.0. The predicted octanol–water partition coefficient (Wildman–Crippen LogP) is 2.53. The number of pyridine rings is 1. The van der Waals surface area contributed by atoms with Crippen molar-refractivity contribution in [3.05, 3.63) is 76.6 Å². The minimum atomic E-state index is -0.130. The molecule has 4 rings (SSSR count). The highest BCUT2D eigenvalue weighted by molar-refractivity contribution is 5.82. The first-order valence-electron chi connectivity index (χ1n) is 7.52. The molecule has 118 valence electrons. The van der Waals surface area contributed by atoms with Crippen LogP contribution >= 0.6 is 0 Å². The molecule has 0 unspecified atom stereocenters. The van der Waals surface area contributed by atoms with E-state index in [0.717, 1.165) is 16.5 Å². The smallest absolute Gasteiger partial charge is 0.258 e. The quantitative estimate of drug-likeness (QED) is 0.580. The van der Waals surface area contributed by atoms with Gasteiger partial charge in [0, 0.05) is 12.3 Å². The minimum Gasteiger partial charge on any atom is -0.471 e. The minimum absolute atomic E-state index is 0.130. The Labute approximate surface area is 137 Å². The third-order valence-corrected chi connectivity index (χ3v) is 3.72. The molecular formula is C18H14N4O2. The van der Waals surface area contributed by atoms with Crippen LogP contribution in [0.5, 0.6) is 5.88 Å². The fourth-order valence-corrected chi connectivity index (χ4v) is 2.57. The van der Waals surface area contributed by atoms with Gasteiger partial charge in [0.05, 0.1) is 16.6 Å². The van der Waals surface area contributed by atoms with E-state index in [9.17, 15) is 4.79 Å². The first-order chi connectivity index (χ1) is 11.7. The normalized spacial score (nSPS) is 11.0. The summed E-state index contributed by atoms with van der Waals surface area (Å²) >= 11 is 0. The third-order valence-electron chi connectivity index (χ3n) is 3.72. The Kier molecular flexibility index (Phi) is 3.42. The molecule has 0 spiro atoms. The van der Waals surface area contributed by atoms with Gasteiger partial charge in [-0.05, 0) is 30.7 Å². The molecule has 4 aromatic rings. The summed E-state index contributed by atoms with van der Waals surface area (Å²) in [5.41, 5.74) is 2.84. The van der Waals surface area contributed by atoms with Gasteiger partial charge in [-0.1, -0.05) is 18.2 Å². The number of hydrogen-bond acceptors (Lipinski definition) is 5. The molecule has 1 aromatic carbocycles. The van der Waals surface area contributed by atoms with Crippen LogP contribution in [0, 0.1) is 6.92 Å². The number of fused-ring (bicyclic) bond motifs is 2. The molecule has 0 saturated carbocycles. The van der Waals surface area contributed by atoms with Crippen LogP contribution in [0.25, 0.3) is 16.6 Å². The van der Waals surface area contributed by atoms with Gasteiger partial charge >= 0.3 is 0 Å². The number of aryl methyl sites for hydroxylation is 1. The summed E-state index contributed by atoms with van der Waals surface area (Å²) in [6, 6.07) is 12.8. The van der Waals surface area contributed by atoms with Crippen molar-refractivity contribution in [3.8, 4) is 5.88 Å². The Morgan fingerprint density at radius 3 is 2.92 bits per heavy atom.